The fourth-order valence-corrected chi connectivity index (χ4v) is 1.83. The van der Waals surface area contributed by atoms with Crippen molar-refractivity contribution in [1.82, 2.24) is 5.32 Å². The molecular weight excluding hydrogens is 258 g/mol. The van der Waals surface area contributed by atoms with E-state index in [1.165, 1.54) is 13.8 Å². The number of rotatable bonds is 3. The Hall–Kier alpha value is -1.67. The first-order valence-electron chi connectivity index (χ1n) is 5.72. The molecule has 1 saturated heterocycles. The topological polar surface area (TPSA) is 111 Å². The molecule has 19 heavy (non-hydrogen) atoms. The van der Waals surface area contributed by atoms with Gasteiger partial charge in [0.05, 0.1) is 12.6 Å². The average Bonchev–Trinajstić information content (AvgIpc) is 2.25. The van der Waals surface area contributed by atoms with Gasteiger partial charge >= 0.3 is 11.9 Å². The molecule has 1 rings (SSSR count). The van der Waals surface area contributed by atoms with Crippen molar-refractivity contribution in [3.05, 3.63) is 0 Å². The van der Waals surface area contributed by atoms with Gasteiger partial charge in [0.25, 0.3) is 0 Å². The number of carbonyl (C=O) groups is 3. The molecule has 0 saturated carbocycles. The molecule has 108 valence electrons. The number of amides is 1. The maximum atomic E-state index is 11.1. The molecule has 0 bridgehead atoms. The lowest BCUT2D eigenvalue weighted by Crippen LogP contribution is -2.61. The van der Waals surface area contributed by atoms with Crippen molar-refractivity contribution in [3.63, 3.8) is 0 Å². The third kappa shape index (κ3) is 4.49. The van der Waals surface area contributed by atoms with E-state index in [0.29, 0.717) is 0 Å². The molecular formula is C11H17NO7. The van der Waals surface area contributed by atoms with Crippen LogP contribution in [0.5, 0.6) is 0 Å². The van der Waals surface area contributed by atoms with Gasteiger partial charge in [0.1, 0.15) is 0 Å². The molecule has 8 heteroatoms. The highest BCUT2D eigenvalue weighted by molar-refractivity contribution is 5.73. The molecule has 8 nitrogen and oxygen atoms in total. The van der Waals surface area contributed by atoms with E-state index in [1.807, 2.05) is 0 Å². The van der Waals surface area contributed by atoms with Crippen LogP contribution in [0.3, 0.4) is 0 Å². The molecule has 0 aromatic rings. The van der Waals surface area contributed by atoms with Crippen LogP contribution in [0.15, 0.2) is 0 Å². The first kappa shape index (κ1) is 15.4. The van der Waals surface area contributed by atoms with Crippen LogP contribution in [0.25, 0.3) is 0 Å². The predicted molar refractivity (Wildman–Crippen MR) is 60.7 cm³/mol. The molecule has 1 amide bonds. The summed E-state index contributed by atoms with van der Waals surface area (Å²) < 4.78 is 14.9. The van der Waals surface area contributed by atoms with Gasteiger partial charge in [-0.25, -0.2) is 0 Å². The van der Waals surface area contributed by atoms with Crippen molar-refractivity contribution in [1.29, 1.82) is 0 Å². The Morgan fingerprint density at radius 1 is 1.11 bits per heavy atom. The predicted octanol–water partition coefficient (Wildman–Crippen LogP) is -1.30. The number of aliphatic hydroxyl groups is 1. The van der Waals surface area contributed by atoms with Crippen LogP contribution in [-0.2, 0) is 28.6 Å². The number of ether oxygens (including phenoxy) is 3. The van der Waals surface area contributed by atoms with Crippen LogP contribution in [0.2, 0.25) is 0 Å². The first-order valence-corrected chi connectivity index (χ1v) is 5.72. The average molecular weight is 275 g/mol. The van der Waals surface area contributed by atoms with Crippen molar-refractivity contribution in [2.24, 2.45) is 0 Å². The molecule has 0 aromatic heterocycles. The van der Waals surface area contributed by atoms with Gasteiger partial charge in [-0.15, -0.1) is 0 Å². The van der Waals surface area contributed by atoms with Gasteiger partial charge in [0.2, 0.25) is 5.91 Å². The van der Waals surface area contributed by atoms with E-state index in [4.69, 9.17) is 14.2 Å². The Balaban J connectivity index is 2.89. The molecule has 2 N–H and O–H groups in total. The Labute approximate surface area is 110 Å². The van der Waals surface area contributed by atoms with Gasteiger partial charge in [-0.05, 0) is 0 Å². The molecule has 0 spiro atoms. The number of hydrogen-bond donors (Lipinski definition) is 2. The Morgan fingerprint density at radius 2 is 1.63 bits per heavy atom. The molecule has 1 aliphatic rings. The molecule has 0 unspecified atom stereocenters. The smallest absolute Gasteiger partial charge is 0.303 e. The van der Waals surface area contributed by atoms with Crippen LogP contribution in [0, 0.1) is 0 Å². The SMILES string of the molecule is CC(=O)N[C@H]1CO[C@H](O)[C@H](OC(C)=O)[C@H]1OC(C)=O. The van der Waals surface area contributed by atoms with Gasteiger partial charge < -0.3 is 24.6 Å². The summed E-state index contributed by atoms with van der Waals surface area (Å²) in [5.41, 5.74) is 0. The summed E-state index contributed by atoms with van der Waals surface area (Å²) in [6, 6.07) is -0.700. The van der Waals surface area contributed by atoms with Crippen LogP contribution < -0.4 is 5.32 Å². The minimum atomic E-state index is -1.42. The number of hydrogen-bond acceptors (Lipinski definition) is 7. The zero-order valence-electron chi connectivity index (χ0n) is 10.9. The van der Waals surface area contributed by atoms with E-state index in [9.17, 15) is 19.5 Å². The van der Waals surface area contributed by atoms with Crippen molar-refractivity contribution >= 4 is 17.8 Å². The summed E-state index contributed by atoms with van der Waals surface area (Å²) in [6.07, 6.45) is -3.61. The highest BCUT2D eigenvalue weighted by Crippen LogP contribution is 2.20. The third-order valence-electron chi connectivity index (χ3n) is 2.44. The lowest BCUT2D eigenvalue weighted by Gasteiger charge is -2.39. The summed E-state index contributed by atoms with van der Waals surface area (Å²) in [5, 5.41) is 12.2. The summed E-state index contributed by atoms with van der Waals surface area (Å²) in [6.45, 7) is 3.56. The summed E-state index contributed by atoms with van der Waals surface area (Å²) in [5.74, 6) is -1.64. The van der Waals surface area contributed by atoms with Crippen molar-refractivity contribution in [2.75, 3.05) is 6.61 Å². The largest absolute Gasteiger partial charge is 0.456 e. The van der Waals surface area contributed by atoms with E-state index in [0.717, 1.165) is 6.92 Å². The summed E-state index contributed by atoms with van der Waals surface area (Å²) in [4.78, 5) is 33.2. The third-order valence-corrected chi connectivity index (χ3v) is 2.44. The normalized spacial score (nSPS) is 30.3. The molecule has 1 aliphatic heterocycles. The maximum Gasteiger partial charge on any atom is 0.303 e. The Bertz CT molecular complexity index is 370. The molecule has 0 radical (unpaired) electrons. The Morgan fingerprint density at radius 3 is 2.11 bits per heavy atom. The second-order valence-electron chi connectivity index (χ2n) is 4.18. The van der Waals surface area contributed by atoms with Gasteiger partial charge in [-0.1, -0.05) is 0 Å². The zero-order chi connectivity index (χ0) is 14.6. The summed E-state index contributed by atoms with van der Waals surface area (Å²) in [7, 11) is 0. The van der Waals surface area contributed by atoms with Gasteiger partial charge in [0.15, 0.2) is 18.5 Å². The van der Waals surface area contributed by atoms with E-state index >= 15 is 0 Å². The molecule has 1 fully saturated rings. The molecule has 0 aromatic carbocycles. The van der Waals surface area contributed by atoms with Crippen molar-refractivity contribution in [2.45, 2.75) is 45.3 Å². The highest BCUT2D eigenvalue weighted by atomic mass is 16.7. The minimum absolute atomic E-state index is 0.0591. The Kier molecular flexibility index (Phi) is 5.25. The van der Waals surface area contributed by atoms with E-state index in [-0.39, 0.29) is 12.5 Å². The van der Waals surface area contributed by atoms with Gasteiger partial charge in [-0.2, -0.15) is 0 Å². The lowest BCUT2D eigenvalue weighted by atomic mass is 10.0. The van der Waals surface area contributed by atoms with Crippen LogP contribution in [0.1, 0.15) is 20.8 Å². The number of esters is 2. The minimum Gasteiger partial charge on any atom is -0.456 e. The first-order chi connectivity index (χ1) is 8.81. The monoisotopic (exact) mass is 275 g/mol. The number of nitrogens with one attached hydrogen (secondary N) is 1. The second kappa shape index (κ2) is 6.48. The zero-order valence-corrected chi connectivity index (χ0v) is 10.9. The number of aliphatic hydroxyl groups excluding tert-OH is 1. The van der Waals surface area contributed by atoms with Gasteiger partial charge in [0, 0.05) is 20.8 Å². The fraction of sp³-hybridized carbons (Fsp3) is 0.727. The number of carbonyl (C=O) groups excluding carboxylic acids is 3. The van der Waals surface area contributed by atoms with E-state index < -0.39 is 36.5 Å². The maximum absolute atomic E-state index is 11.1. The highest BCUT2D eigenvalue weighted by Gasteiger charge is 2.44. The van der Waals surface area contributed by atoms with Crippen molar-refractivity contribution in [3.8, 4) is 0 Å². The molecule has 1 heterocycles. The van der Waals surface area contributed by atoms with Crippen LogP contribution in [0.4, 0.5) is 0 Å². The van der Waals surface area contributed by atoms with Crippen molar-refractivity contribution < 1.29 is 33.7 Å². The van der Waals surface area contributed by atoms with Gasteiger partial charge in [-0.3, -0.25) is 14.4 Å². The summed E-state index contributed by atoms with van der Waals surface area (Å²) >= 11 is 0. The molecule has 0 aliphatic carbocycles. The van der Waals surface area contributed by atoms with E-state index in [1.54, 1.807) is 0 Å². The standard InChI is InChI=1S/C11H17NO7/c1-5(13)12-8-4-17-11(16)10(19-7(3)15)9(8)18-6(2)14/h8-11,16H,4H2,1-3H3,(H,12,13)/t8-,9-,10+,11-/m0/s1. The van der Waals surface area contributed by atoms with E-state index in [2.05, 4.69) is 5.32 Å². The van der Waals surface area contributed by atoms with Crippen LogP contribution in [-0.4, -0.2) is 54.1 Å². The van der Waals surface area contributed by atoms with Crippen LogP contribution >= 0.6 is 0 Å². The molecule has 4 atom stereocenters. The second-order valence-corrected chi connectivity index (χ2v) is 4.18. The quantitative estimate of drug-likeness (QED) is 0.616. The lowest BCUT2D eigenvalue weighted by molar-refractivity contribution is -0.245. The fourth-order valence-electron chi connectivity index (χ4n) is 1.83.